The second-order valence-corrected chi connectivity index (χ2v) is 5.79. The highest BCUT2D eigenvalue weighted by Gasteiger charge is 2.53. The number of anilines is 1. The number of amides is 2. The van der Waals surface area contributed by atoms with Crippen LogP contribution in [0.15, 0.2) is 10.6 Å². The van der Waals surface area contributed by atoms with Crippen molar-refractivity contribution < 1.29 is 14.1 Å². The number of likely N-dealkylation sites (tertiary alicyclic amines) is 1. The van der Waals surface area contributed by atoms with Crippen LogP contribution in [0, 0.1) is 18.8 Å². The summed E-state index contributed by atoms with van der Waals surface area (Å²) in [6.45, 7) is 3.42. The molecular formula is C13H17N3O3. The third kappa shape index (κ3) is 1.74. The summed E-state index contributed by atoms with van der Waals surface area (Å²) in [5.41, 5.74) is 0.764. The van der Waals surface area contributed by atoms with E-state index in [-0.39, 0.29) is 6.03 Å². The molecule has 4 rings (SSSR count). The molecular weight excluding hydrogens is 246 g/mol. The number of urea groups is 1. The first-order valence-corrected chi connectivity index (χ1v) is 6.85. The van der Waals surface area contributed by atoms with Crippen molar-refractivity contribution in [2.45, 2.75) is 32.0 Å². The quantitative estimate of drug-likeness (QED) is 0.836. The summed E-state index contributed by atoms with van der Waals surface area (Å²) in [5.74, 6) is 1.47. The molecule has 102 valence electrons. The Labute approximate surface area is 111 Å². The van der Waals surface area contributed by atoms with Gasteiger partial charge in [0, 0.05) is 31.0 Å². The van der Waals surface area contributed by atoms with Crippen LogP contribution in [0.4, 0.5) is 10.7 Å². The van der Waals surface area contributed by atoms with E-state index in [2.05, 4.69) is 10.5 Å². The van der Waals surface area contributed by atoms with E-state index in [0.717, 1.165) is 31.6 Å². The Hall–Kier alpha value is -1.56. The zero-order chi connectivity index (χ0) is 13.0. The number of ether oxygens (including phenoxy) is 1. The number of nitrogens with zero attached hydrogens (tertiary/aromatic N) is 2. The smallest absolute Gasteiger partial charge is 0.324 e. The minimum absolute atomic E-state index is 0.0926. The van der Waals surface area contributed by atoms with Crippen molar-refractivity contribution in [3.05, 3.63) is 11.8 Å². The van der Waals surface area contributed by atoms with Crippen LogP contribution >= 0.6 is 0 Å². The molecule has 0 radical (unpaired) electrons. The van der Waals surface area contributed by atoms with Crippen molar-refractivity contribution >= 4 is 11.9 Å². The number of fused-ring (bicyclic) bond motifs is 5. The number of rotatable bonds is 1. The van der Waals surface area contributed by atoms with Gasteiger partial charge in [0.05, 0.1) is 17.9 Å². The second kappa shape index (κ2) is 3.96. The molecule has 3 fully saturated rings. The first-order valence-electron chi connectivity index (χ1n) is 6.85. The van der Waals surface area contributed by atoms with Gasteiger partial charge in [0.15, 0.2) is 0 Å². The topological polar surface area (TPSA) is 67.6 Å². The second-order valence-electron chi connectivity index (χ2n) is 5.79. The van der Waals surface area contributed by atoms with Gasteiger partial charge in [0.25, 0.3) is 0 Å². The van der Waals surface area contributed by atoms with Crippen molar-refractivity contribution in [3.8, 4) is 0 Å². The Morgan fingerprint density at radius 1 is 1.37 bits per heavy atom. The standard InChI is InChI=1S/C13H17N3O3/c1-7-4-12(19-15-7)14-13(17)16-5-8-9(6-16)11-3-2-10(8)18-11/h4,8-11H,2-3,5-6H2,1H3,(H,14,17)/t8-,9+,10+,11-. The van der Waals surface area contributed by atoms with Gasteiger partial charge in [0.2, 0.25) is 5.88 Å². The maximum Gasteiger partial charge on any atom is 0.324 e. The molecule has 6 heteroatoms. The monoisotopic (exact) mass is 263 g/mol. The fourth-order valence-electron chi connectivity index (χ4n) is 3.73. The van der Waals surface area contributed by atoms with E-state index in [1.54, 1.807) is 6.07 Å². The van der Waals surface area contributed by atoms with Gasteiger partial charge in [0.1, 0.15) is 0 Å². The molecule has 3 saturated heterocycles. The molecule has 0 aromatic carbocycles. The fourth-order valence-corrected chi connectivity index (χ4v) is 3.73. The predicted molar refractivity (Wildman–Crippen MR) is 66.7 cm³/mol. The zero-order valence-corrected chi connectivity index (χ0v) is 10.8. The number of nitrogens with one attached hydrogen (secondary N) is 1. The van der Waals surface area contributed by atoms with E-state index in [1.165, 1.54) is 0 Å². The van der Waals surface area contributed by atoms with Gasteiger partial charge in [-0.2, -0.15) is 0 Å². The number of aromatic nitrogens is 1. The van der Waals surface area contributed by atoms with E-state index < -0.39 is 0 Å². The van der Waals surface area contributed by atoms with Crippen LogP contribution in [0.5, 0.6) is 0 Å². The van der Waals surface area contributed by atoms with Crippen molar-refractivity contribution in [1.29, 1.82) is 0 Å². The number of carbonyl (C=O) groups excluding carboxylic acids is 1. The SMILES string of the molecule is Cc1cc(NC(=O)N2C[C@@H]3[C@H](C2)[C@H]2CC[C@@H]3O2)on1. The molecule has 0 saturated carbocycles. The van der Waals surface area contributed by atoms with Gasteiger partial charge in [-0.05, 0) is 19.8 Å². The van der Waals surface area contributed by atoms with Crippen molar-refractivity contribution in [3.63, 3.8) is 0 Å². The van der Waals surface area contributed by atoms with Gasteiger partial charge < -0.3 is 14.2 Å². The summed E-state index contributed by atoms with van der Waals surface area (Å²) in [6.07, 6.45) is 3.06. The first-order chi connectivity index (χ1) is 9.20. The summed E-state index contributed by atoms with van der Waals surface area (Å²) >= 11 is 0. The minimum atomic E-state index is -0.0926. The highest BCUT2D eigenvalue weighted by atomic mass is 16.5. The Morgan fingerprint density at radius 3 is 2.63 bits per heavy atom. The molecule has 3 aliphatic heterocycles. The highest BCUT2D eigenvalue weighted by Crippen LogP contribution is 2.47. The van der Waals surface area contributed by atoms with Crippen LogP contribution in [-0.4, -0.2) is 41.4 Å². The van der Waals surface area contributed by atoms with E-state index in [9.17, 15) is 4.79 Å². The van der Waals surface area contributed by atoms with Gasteiger partial charge >= 0.3 is 6.03 Å². The summed E-state index contributed by atoms with van der Waals surface area (Å²) in [7, 11) is 0. The predicted octanol–water partition coefficient (Wildman–Crippen LogP) is 1.62. The van der Waals surface area contributed by atoms with Gasteiger partial charge in [-0.15, -0.1) is 0 Å². The summed E-state index contributed by atoms with van der Waals surface area (Å²) < 4.78 is 10.9. The molecule has 2 amide bonds. The lowest BCUT2D eigenvalue weighted by atomic mass is 9.82. The van der Waals surface area contributed by atoms with E-state index in [0.29, 0.717) is 29.9 Å². The lowest BCUT2D eigenvalue weighted by Gasteiger charge is -2.18. The molecule has 3 aliphatic rings. The molecule has 0 spiro atoms. The number of carbonyl (C=O) groups is 1. The third-order valence-corrected chi connectivity index (χ3v) is 4.60. The van der Waals surface area contributed by atoms with Crippen LogP contribution < -0.4 is 5.32 Å². The van der Waals surface area contributed by atoms with Crippen molar-refractivity contribution in [2.75, 3.05) is 18.4 Å². The van der Waals surface area contributed by atoms with Gasteiger partial charge in [-0.25, -0.2) is 4.79 Å². The fraction of sp³-hybridized carbons (Fsp3) is 0.692. The maximum atomic E-state index is 12.2. The van der Waals surface area contributed by atoms with Crippen LogP contribution in [-0.2, 0) is 4.74 Å². The molecule has 0 unspecified atom stereocenters. The Morgan fingerprint density at radius 2 is 2.05 bits per heavy atom. The Kier molecular flexibility index (Phi) is 2.35. The van der Waals surface area contributed by atoms with Gasteiger partial charge in [-0.3, -0.25) is 5.32 Å². The Bertz CT molecular complexity index is 497. The number of hydrogen-bond donors (Lipinski definition) is 1. The van der Waals surface area contributed by atoms with E-state index >= 15 is 0 Å². The summed E-state index contributed by atoms with van der Waals surface area (Å²) in [6, 6.07) is 1.63. The summed E-state index contributed by atoms with van der Waals surface area (Å²) in [4.78, 5) is 14.1. The molecule has 4 heterocycles. The normalized spacial score (nSPS) is 35.7. The number of aryl methyl sites for hydroxylation is 1. The van der Waals surface area contributed by atoms with Gasteiger partial charge in [-0.1, -0.05) is 5.16 Å². The number of hydrogen-bond acceptors (Lipinski definition) is 4. The highest BCUT2D eigenvalue weighted by molar-refractivity contribution is 5.88. The summed E-state index contributed by atoms with van der Waals surface area (Å²) in [5, 5.41) is 6.52. The van der Waals surface area contributed by atoms with Crippen LogP contribution in [0.25, 0.3) is 0 Å². The molecule has 6 nitrogen and oxygen atoms in total. The van der Waals surface area contributed by atoms with Crippen LogP contribution in [0.1, 0.15) is 18.5 Å². The molecule has 4 atom stereocenters. The largest absolute Gasteiger partial charge is 0.374 e. The maximum absolute atomic E-state index is 12.2. The average molecular weight is 263 g/mol. The molecule has 0 aliphatic carbocycles. The van der Waals surface area contributed by atoms with Crippen LogP contribution in [0.2, 0.25) is 0 Å². The molecule has 2 bridgehead atoms. The van der Waals surface area contributed by atoms with Crippen molar-refractivity contribution in [2.24, 2.45) is 11.8 Å². The van der Waals surface area contributed by atoms with Crippen LogP contribution in [0.3, 0.4) is 0 Å². The van der Waals surface area contributed by atoms with E-state index in [4.69, 9.17) is 9.26 Å². The molecule has 1 aromatic heterocycles. The molecule has 1 aromatic rings. The molecule has 1 N–H and O–H groups in total. The Balaban J connectivity index is 1.42. The zero-order valence-electron chi connectivity index (χ0n) is 10.8. The lowest BCUT2D eigenvalue weighted by molar-refractivity contribution is 0.0746. The minimum Gasteiger partial charge on any atom is -0.374 e. The third-order valence-electron chi connectivity index (χ3n) is 4.60. The molecule has 19 heavy (non-hydrogen) atoms. The lowest BCUT2D eigenvalue weighted by Crippen LogP contribution is -2.34. The average Bonchev–Trinajstić information content (AvgIpc) is 3.08. The van der Waals surface area contributed by atoms with Crippen molar-refractivity contribution in [1.82, 2.24) is 10.1 Å². The van der Waals surface area contributed by atoms with E-state index in [1.807, 2.05) is 11.8 Å². The first kappa shape index (κ1) is 11.3.